The van der Waals surface area contributed by atoms with E-state index in [1.54, 1.807) is 18.0 Å². The summed E-state index contributed by atoms with van der Waals surface area (Å²) in [4.78, 5) is 20.6. The number of hydrogen-bond acceptors (Lipinski definition) is 3. The van der Waals surface area contributed by atoms with E-state index in [0.29, 0.717) is 6.42 Å². The monoisotopic (exact) mass is 302 g/mol. The molecule has 0 bridgehead atoms. The fourth-order valence-corrected chi connectivity index (χ4v) is 2.70. The van der Waals surface area contributed by atoms with Crippen LogP contribution in [0.3, 0.4) is 0 Å². The number of rotatable bonds is 9. The van der Waals surface area contributed by atoms with E-state index in [1.807, 2.05) is 36.7 Å². The van der Waals surface area contributed by atoms with Crippen molar-refractivity contribution < 1.29 is 4.79 Å². The molecule has 21 heavy (non-hydrogen) atoms. The third kappa shape index (κ3) is 5.38. The van der Waals surface area contributed by atoms with Gasteiger partial charge in [-0.2, -0.15) is 0 Å². The standard InChI is InChI=1S/C17H22N2OS/c1-21-15-10-8-14(9-11-15)16(20)6-4-2-3-5-7-17-18-12-13-19-17/h8-13H,2-7H2,1H3,(H,18,19). The number of benzene rings is 1. The molecule has 0 atom stereocenters. The van der Waals surface area contributed by atoms with Crippen molar-refractivity contribution in [3.05, 3.63) is 48.0 Å². The largest absolute Gasteiger partial charge is 0.349 e. The maximum Gasteiger partial charge on any atom is 0.162 e. The van der Waals surface area contributed by atoms with Gasteiger partial charge in [0, 0.05) is 35.7 Å². The van der Waals surface area contributed by atoms with Gasteiger partial charge >= 0.3 is 0 Å². The Morgan fingerprint density at radius 2 is 1.90 bits per heavy atom. The minimum atomic E-state index is 0.258. The van der Waals surface area contributed by atoms with Crippen molar-refractivity contribution in [1.82, 2.24) is 9.97 Å². The molecule has 0 aliphatic rings. The lowest BCUT2D eigenvalue weighted by atomic mass is 10.0. The number of nitrogens with one attached hydrogen (secondary N) is 1. The number of thioether (sulfide) groups is 1. The van der Waals surface area contributed by atoms with Crippen LogP contribution in [0.5, 0.6) is 0 Å². The summed E-state index contributed by atoms with van der Waals surface area (Å²) in [6.07, 6.45) is 11.7. The minimum Gasteiger partial charge on any atom is -0.349 e. The number of aromatic nitrogens is 2. The zero-order valence-electron chi connectivity index (χ0n) is 12.5. The van der Waals surface area contributed by atoms with Crippen LogP contribution < -0.4 is 0 Å². The van der Waals surface area contributed by atoms with Crippen molar-refractivity contribution in [2.24, 2.45) is 0 Å². The normalized spacial score (nSPS) is 10.7. The summed E-state index contributed by atoms with van der Waals surface area (Å²) in [6.45, 7) is 0. The maximum absolute atomic E-state index is 12.0. The van der Waals surface area contributed by atoms with Crippen LogP contribution in [0, 0.1) is 0 Å². The zero-order valence-corrected chi connectivity index (χ0v) is 13.3. The highest BCUT2D eigenvalue weighted by atomic mass is 32.2. The summed E-state index contributed by atoms with van der Waals surface area (Å²) in [7, 11) is 0. The lowest BCUT2D eigenvalue weighted by molar-refractivity contribution is 0.0979. The highest BCUT2D eigenvalue weighted by Gasteiger charge is 2.05. The smallest absolute Gasteiger partial charge is 0.162 e. The Morgan fingerprint density at radius 3 is 2.57 bits per heavy atom. The summed E-state index contributed by atoms with van der Waals surface area (Å²) >= 11 is 1.70. The Bertz CT molecular complexity index is 534. The molecule has 0 amide bonds. The van der Waals surface area contributed by atoms with E-state index in [9.17, 15) is 4.79 Å². The molecular weight excluding hydrogens is 280 g/mol. The van der Waals surface area contributed by atoms with Gasteiger partial charge in [-0.1, -0.05) is 25.0 Å². The van der Waals surface area contributed by atoms with Gasteiger partial charge in [0.1, 0.15) is 5.82 Å². The Morgan fingerprint density at radius 1 is 1.14 bits per heavy atom. The first-order valence-corrected chi connectivity index (χ1v) is 8.67. The topological polar surface area (TPSA) is 45.8 Å². The molecule has 0 spiro atoms. The molecule has 0 aliphatic heterocycles. The highest BCUT2D eigenvalue weighted by molar-refractivity contribution is 7.98. The van der Waals surface area contributed by atoms with Crippen molar-refractivity contribution >= 4 is 17.5 Å². The Hall–Kier alpha value is -1.55. The molecule has 1 N–H and O–H groups in total. The second-order valence-corrected chi connectivity index (χ2v) is 5.98. The zero-order chi connectivity index (χ0) is 14.9. The van der Waals surface area contributed by atoms with Crippen molar-refractivity contribution in [3.8, 4) is 0 Å². The van der Waals surface area contributed by atoms with Crippen molar-refractivity contribution in [1.29, 1.82) is 0 Å². The molecule has 0 unspecified atom stereocenters. The summed E-state index contributed by atoms with van der Waals surface area (Å²) < 4.78 is 0. The Labute approximate surface area is 130 Å². The summed E-state index contributed by atoms with van der Waals surface area (Å²) in [5.41, 5.74) is 0.836. The second kappa shape index (κ2) is 8.67. The number of nitrogens with zero attached hydrogens (tertiary/aromatic N) is 1. The van der Waals surface area contributed by atoms with Crippen LogP contribution in [0.1, 0.15) is 48.3 Å². The molecule has 0 saturated carbocycles. The third-order valence-electron chi connectivity index (χ3n) is 3.53. The molecule has 2 rings (SSSR count). The average Bonchev–Trinajstić information content (AvgIpc) is 3.04. The van der Waals surface area contributed by atoms with Crippen LogP contribution in [-0.4, -0.2) is 22.0 Å². The number of aromatic amines is 1. The number of imidazole rings is 1. The first-order chi connectivity index (χ1) is 10.3. The SMILES string of the molecule is CSc1ccc(C(=O)CCCCCCc2ncc[nH]2)cc1. The van der Waals surface area contributed by atoms with Crippen molar-refractivity contribution in [3.63, 3.8) is 0 Å². The molecule has 2 aromatic rings. The molecule has 0 saturated heterocycles. The van der Waals surface area contributed by atoms with E-state index in [-0.39, 0.29) is 5.78 Å². The summed E-state index contributed by atoms with van der Waals surface area (Å²) in [6, 6.07) is 7.90. The molecule has 1 aromatic carbocycles. The Kier molecular flexibility index (Phi) is 6.54. The third-order valence-corrected chi connectivity index (χ3v) is 4.28. The quantitative estimate of drug-likeness (QED) is 0.421. The predicted molar refractivity (Wildman–Crippen MR) is 87.9 cm³/mol. The first-order valence-electron chi connectivity index (χ1n) is 7.45. The molecule has 3 nitrogen and oxygen atoms in total. The van der Waals surface area contributed by atoms with Gasteiger partial charge in [-0.05, 0) is 31.2 Å². The number of Topliss-reactive ketones (excluding diaryl/α,β-unsaturated/α-hetero) is 1. The predicted octanol–water partition coefficient (Wildman–Crippen LogP) is 4.51. The van der Waals surface area contributed by atoms with E-state index in [0.717, 1.165) is 43.5 Å². The molecule has 4 heteroatoms. The van der Waals surface area contributed by atoms with Gasteiger partial charge in [-0.25, -0.2) is 4.98 Å². The van der Waals surface area contributed by atoms with Crippen LogP contribution in [0.2, 0.25) is 0 Å². The van der Waals surface area contributed by atoms with Gasteiger partial charge in [0.25, 0.3) is 0 Å². The number of H-pyrrole nitrogens is 1. The van der Waals surface area contributed by atoms with Gasteiger partial charge in [-0.15, -0.1) is 11.8 Å². The summed E-state index contributed by atoms with van der Waals surface area (Å²) in [5, 5.41) is 0. The van der Waals surface area contributed by atoms with Crippen LogP contribution in [0.4, 0.5) is 0 Å². The second-order valence-electron chi connectivity index (χ2n) is 5.10. The Balaban J connectivity index is 1.60. The van der Waals surface area contributed by atoms with Crippen molar-refractivity contribution in [2.45, 2.75) is 43.4 Å². The maximum atomic E-state index is 12.0. The van der Waals surface area contributed by atoms with E-state index in [1.165, 1.54) is 4.90 Å². The number of unbranched alkanes of at least 4 members (excludes halogenated alkanes) is 3. The fraction of sp³-hybridized carbons (Fsp3) is 0.412. The van der Waals surface area contributed by atoms with Gasteiger partial charge in [0.05, 0.1) is 0 Å². The lowest BCUT2D eigenvalue weighted by Crippen LogP contribution is -1.98. The molecule has 0 aliphatic carbocycles. The molecule has 0 radical (unpaired) electrons. The van der Waals surface area contributed by atoms with E-state index in [4.69, 9.17) is 0 Å². The van der Waals surface area contributed by atoms with E-state index >= 15 is 0 Å². The van der Waals surface area contributed by atoms with Gasteiger partial charge in [0.2, 0.25) is 0 Å². The van der Waals surface area contributed by atoms with Crippen LogP contribution in [0.25, 0.3) is 0 Å². The van der Waals surface area contributed by atoms with Crippen LogP contribution >= 0.6 is 11.8 Å². The van der Waals surface area contributed by atoms with Crippen LogP contribution in [-0.2, 0) is 6.42 Å². The minimum absolute atomic E-state index is 0.258. The average molecular weight is 302 g/mol. The van der Waals surface area contributed by atoms with Crippen LogP contribution in [0.15, 0.2) is 41.6 Å². The fourth-order valence-electron chi connectivity index (χ4n) is 2.29. The molecular formula is C17H22N2OS. The molecule has 1 heterocycles. The van der Waals surface area contributed by atoms with E-state index in [2.05, 4.69) is 9.97 Å². The lowest BCUT2D eigenvalue weighted by Gasteiger charge is -2.03. The first kappa shape index (κ1) is 15.8. The van der Waals surface area contributed by atoms with Crippen molar-refractivity contribution in [2.75, 3.05) is 6.26 Å². The highest BCUT2D eigenvalue weighted by Crippen LogP contribution is 2.16. The number of carbonyl (C=O) groups excluding carboxylic acids is 1. The molecule has 112 valence electrons. The number of aryl methyl sites for hydroxylation is 1. The summed E-state index contributed by atoms with van der Waals surface area (Å²) in [5.74, 6) is 1.31. The van der Waals surface area contributed by atoms with Gasteiger partial charge in [-0.3, -0.25) is 4.79 Å². The number of carbonyl (C=O) groups is 1. The molecule has 1 aromatic heterocycles. The number of ketones is 1. The number of hydrogen-bond donors (Lipinski definition) is 1. The van der Waals surface area contributed by atoms with Gasteiger partial charge in [0.15, 0.2) is 5.78 Å². The van der Waals surface area contributed by atoms with Gasteiger partial charge < -0.3 is 4.98 Å². The molecule has 0 fully saturated rings. The van der Waals surface area contributed by atoms with E-state index < -0.39 is 0 Å².